The molecule has 1 fully saturated rings. The van der Waals surface area contributed by atoms with Gasteiger partial charge in [0.15, 0.2) is 0 Å². The van der Waals surface area contributed by atoms with Gasteiger partial charge in [0.1, 0.15) is 11.6 Å². The van der Waals surface area contributed by atoms with Gasteiger partial charge in [-0.05, 0) is 58.0 Å². The molecule has 1 saturated heterocycles. The molecule has 112 valence electrons. The molecule has 1 aliphatic heterocycles. The summed E-state index contributed by atoms with van der Waals surface area (Å²) in [5, 5.41) is 3.51. The van der Waals surface area contributed by atoms with E-state index in [0.717, 1.165) is 29.8 Å². The summed E-state index contributed by atoms with van der Waals surface area (Å²) in [6, 6.07) is 4.13. The third-order valence-corrected chi connectivity index (χ3v) is 4.25. The summed E-state index contributed by atoms with van der Waals surface area (Å²) < 4.78 is 1.99. The van der Waals surface area contributed by atoms with E-state index in [4.69, 9.17) is 0 Å². The summed E-state index contributed by atoms with van der Waals surface area (Å²) in [5.74, 6) is 2.64. The van der Waals surface area contributed by atoms with Gasteiger partial charge in [-0.15, -0.1) is 0 Å². The molecule has 0 unspecified atom stereocenters. The molecule has 0 bridgehead atoms. The fourth-order valence-electron chi connectivity index (χ4n) is 2.78. The number of likely N-dealkylation sites (tertiary alicyclic amines) is 1. The van der Waals surface area contributed by atoms with Crippen molar-refractivity contribution in [2.75, 3.05) is 32.0 Å². The van der Waals surface area contributed by atoms with Gasteiger partial charge in [0.2, 0.25) is 0 Å². The van der Waals surface area contributed by atoms with Crippen LogP contribution in [-0.2, 0) is 0 Å². The number of hydrogen-bond donors (Lipinski definition) is 1. The van der Waals surface area contributed by atoms with Crippen molar-refractivity contribution in [1.82, 2.24) is 19.4 Å². The first kappa shape index (κ1) is 14.1. The van der Waals surface area contributed by atoms with Crippen LogP contribution in [0.4, 0.5) is 5.69 Å². The zero-order valence-corrected chi connectivity index (χ0v) is 12.8. The van der Waals surface area contributed by atoms with E-state index in [1.807, 2.05) is 30.0 Å². The second kappa shape index (κ2) is 6.26. The Balaban J connectivity index is 1.56. The first-order valence-electron chi connectivity index (χ1n) is 7.61. The molecule has 5 nitrogen and oxygen atoms in total. The van der Waals surface area contributed by atoms with Gasteiger partial charge in [-0.25, -0.2) is 9.97 Å². The number of nitrogens with one attached hydrogen (secondary N) is 1. The summed E-state index contributed by atoms with van der Waals surface area (Å²) in [4.78, 5) is 11.1. The number of anilines is 1. The van der Waals surface area contributed by atoms with E-state index in [1.165, 1.54) is 25.9 Å². The monoisotopic (exact) mass is 285 g/mol. The number of aromatic nitrogens is 3. The Morgan fingerprint density at radius 1 is 1.24 bits per heavy atom. The number of aryl methyl sites for hydroxylation is 1. The number of hydrogen-bond acceptors (Lipinski definition) is 4. The largest absolute Gasteiger partial charge is 0.384 e. The molecule has 1 aliphatic rings. The lowest BCUT2D eigenvalue weighted by atomic mass is 9.97. The van der Waals surface area contributed by atoms with Crippen LogP contribution < -0.4 is 5.32 Å². The van der Waals surface area contributed by atoms with Gasteiger partial charge < -0.3 is 10.2 Å². The van der Waals surface area contributed by atoms with Gasteiger partial charge in [0.05, 0.1) is 11.9 Å². The van der Waals surface area contributed by atoms with Crippen LogP contribution in [0.1, 0.15) is 18.7 Å². The van der Waals surface area contributed by atoms with Crippen molar-refractivity contribution in [3.63, 3.8) is 0 Å². The van der Waals surface area contributed by atoms with Crippen LogP contribution in [0.3, 0.4) is 0 Å². The Labute approximate surface area is 126 Å². The van der Waals surface area contributed by atoms with Crippen LogP contribution in [0, 0.1) is 12.8 Å². The fourth-order valence-corrected chi connectivity index (χ4v) is 2.78. The second-order valence-corrected chi connectivity index (χ2v) is 5.88. The van der Waals surface area contributed by atoms with Gasteiger partial charge in [-0.2, -0.15) is 0 Å². The van der Waals surface area contributed by atoms with Crippen LogP contribution in [0.5, 0.6) is 0 Å². The minimum absolute atomic E-state index is 0.775. The van der Waals surface area contributed by atoms with Crippen LogP contribution in [0.2, 0.25) is 0 Å². The molecule has 1 N–H and O–H groups in total. The first-order valence-corrected chi connectivity index (χ1v) is 7.61. The number of imidazole rings is 1. The van der Waals surface area contributed by atoms with Crippen molar-refractivity contribution >= 4 is 5.69 Å². The fraction of sp³-hybridized carbons (Fsp3) is 0.500. The molecule has 0 spiro atoms. The maximum Gasteiger partial charge on any atom is 0.138 e. The molecule has 0 radical (unpaired) electrons. The van der Waals surface area contributed by atoms with E-state index in [9.17, 15) is 0 Å². The van der Waals surface area contributed by atoms with Gasteiger partial charge in [-0.3, -0.25) is 4.57 Å². The lowest BCUT2D eigenvalue weighted by molar-refractivity contribution is 0.226. The zero-order chi connectivity index (χ0) is 14.7. The molecule has 0 saturated carbocycles. The highest BCUT2D eigenvalue weighted by atomic mass is 15.1. The topological polar surface area (TPSA) is 46.0 Å². The van der Waals surface area contributed by atoms with E-state index in [1.54, 1.807) is 6.20 Å². The SMILES string of the molecule is Cc1nccn1-c1ccc(NCC2CCN(C)CC2)cn1. The Hall–Kier alpha value is -1.88. The molecule has 0 atom stereocenters. The predicted molar refractivity (Wildman–Crippen MR) is 84.8 cm³/mol. The quantitative estimate of drug-likeness (QED) is 0.936. The second-order valence-electron chi connectivity index (χ2n) is 5.88. The molecular formula is C16H23N5. The molecule has 0 amide bonds. The summed E-state index contributed by atoms with van der Waals surface area (Å²) in [6.07, 6.45) is 8.20. The van der Waals surface area contributed by atoms with Crippen molar-refractivity contribution in [2.24, 2.45) is 5.92 Å². The molecular weight excluding hydrogens is 262 g/mol. The Morgan fingerprint density at radius 2 is 2.05 bits per heavy atom. The number of nitrogens with zero attached hydrogens (tertiary/aromatic N) is 4. The first-order chi connectivity index (χ1) is 10.2. The Bertz CT molecular complexity index is 567. The van der Waals surface area contributed by atoms with Gasteiger partial charge in [0.25, 0.3) is 0 Å². The third-order valence-electron chi connectivity index (χ3n) is 4.25. The summed E-state index contributed by atoms with van der Waals surface area (Å²) >= 11 is 0. The summed E-state index contributed by atoms with van der Waals surface area (Å²) in [6.45, 7) is 5.44. The van der Waals surface area contributed by atoms with Crippen molar-refractivity contribution in [1.29, 1.82) is 0 Å². The van der Waals surface area contributed by atoms with Gasteiger partial charge in [0, 0.05) is 18.9 Å². The third kappa shape index (κ3) is 3.42. The number of rotatable bonds is 4. The molecule has 3 heterocycles. The molecule has 21 heavy (non-hydrogen) atoms. The average Bonchev–Trinajstić information content (AvgIpc) is 2.93. The molecule has 5 heteroatoms. The Morgan fingerprint density at radius 3 is 2.67 bits per heavy atom. The van der Waals surface area contributed by atoms with E-state index in [2.05, 4.69) is 33.3 Å². The van der Waals surface area contributed by atoms with Crippen molar-refractivity contribution in [3.8, 4) is 5.82 Å². The van der Waals surface area contributed by atoms with Crippen LogP contribution in [0.25, 0.3) is 5.82 Å². The predicted octanol–water partition coefficient (Wildman–Crippen LogP) is 2.33. The zero-order valence-electron chi connectivity index (χ0n) is 12.8. The minimum Gasteiger partial charge on any atom is -0.384 e. The standard InChI is InChI=1S/C16H23N5/c1-13-17-7-10-21(13)16-4-3-15(12-19-16)18-11-14-5-8-20(2)9-6-14/h3-4,7,10,12,14,18H,5-6,8-9,11H2,1-2H3. The molecule has 0 aliphatic carbocycles. The van der Waals surface area contributed by atoms with Gasteiger partial charge >= 0.3 is 0 Å². The molecule has 2 aromatic rings. The maximum atomic E-state index is 4.51. The highest BCUT2D eigenvalue weighted by molar-refractivity contribution is 5.43. The highest BCUT2D eigenvalue weighted by Crippen LogP contribution is 2.17. The Kier molecular flexibility index (Phi) is 4.20. The average molecular weight is 285 g/mol. The number of pyridine rings is 1. The van der Waals surface area contributed by atoms with Crippen molar-refractivity contribution < 1.29 is 0 Å². The lowest BCUT2D eigenvalue weighted by Gasteiger charge is -2.29. The smallest absolute Gasteiger partial charge is 0.138 e. The van der Waals surface area contributed by atoms with E-state index < -0.39 is 0 Å². The van der Waals surface area contributed by atoms with Crippen LogP contribution in [-0.4, -0.2) is 46.1 Å². The normalized spacial score (nSPS) is 17.0. The van der Waals surface area contributed by atoms with Gasteiger partial charge in [-0.1, -0.05) is 0 Å². The summed E-state index contributed by atoms with van der Waals surface area (Å²) in [5.41, 5.74) is 1.09. The molecule has 2 aromatic heterocycles. The van der Waals surface area contributed by atoms with Crippen LogP contribution >= 0.6 is 0 Å². The van der Waals surface area contributed by atoms with E-state index in [-0.39, 0.29) is 0 Å². The maximum absolute atomic E-state index is 4.51. The van der Waals surface area contributed by atoms with Crippen molar-refractivity contribution in [2.45, 2.75) is 19.8 Å². The van der Waals surface area contributed by atoms with Crippen LogP contribution in [0.15, 0.2) is 30.7 Å². The van der Waals surface area contributed by atoms with E-state index >= 15 is 0 Å². The van der Waals surface area contributed by atoms with E-state index in [0.29, 0.717) is 0 Å². The minimum atomic E-state index is 0.775. The summed E-state index contributed by atoms with van der Waals surface area (Å²) in [7, 11) is 2.20. The lowest BCUT2D eigenvalue weighted by Crippen LogP contribution is -2.32. The highest BCUT2D eigenvalue weighted by Gasteiger charge is 2.16. The number of piperidine rings is 1. The molecule has 0 aromatic carbocycles. The van der Waals surface area contributed by atoms with Crippen molar-refractivity contribution in [3.05, 3.63) is 36.5 Å². The molecule has 3 rings (SSSR count).